The fourth-order valence-corrected chi connectivity index (χ4v) is 3.84. The van der Waals surface area contributed by atoms with Crippen molar-refractivity contribution in [2.45, 2.75) is 59.4 Å². The van der Waals surface area contributed by atoms with E-state index in [0.29, 0.717) is 32.6 Å². The number of rotatable bonds is 9. The number of hydrogen-bond donors (Lipinski definition) is 3. The topological polar surface area (TPSA) is 86.2 Å². The molecule has 0 aromatic carbocycles. The van der Waals surface area contributed by atoms with Crippen LogP contribution in [0, 0.1) is 11.8 Å². The molecule has 5 amide bonds. The molecule has 3 N–H and O–H groups in total. The van der Waals surface area contributed by atoms with Gasteiger partial charge in [0.1, 0.15) is 0 Å². The third kappa shape index (κ3) is 8.60. The Labute approximate surface area is 176 Å². The standard InChI is InChI=1S/C21H41N5O3/c1-7-17-15-25(21(29)23-16(3)4)13-10-18(17)14-19(27)26(8-2)20(28)22-11-9-12-24(5)6/h16-18H,7-15H2,1-6H3,(H,22,28)(H,23,29)/p+1/t17-,18-/m0/s1. The number of piperidine rings is 1. The van der Waals surface area contributed by atoms with Gasteiger partial charge in [0.05, 0.1) is 20.6 Å². The van der Waals surface area contributed by atoms with Gasteiger partial charge in [-0.25, -0.2) is 9.59 Å². The minimum absolute atomic E-state index is 0.0302. The molecule has 0 bridgehead atoms. The third-order valence-corrected chi connectivity index (χ3v) is 5.54. The quantitative estimate of drug-likeness (QED) is 0.493. The van der Waals surface area contributed by atoms with Gasteiger partial charge in [-0.3, -0.25) is 9.69 Å². The lowest BCUT2D eigenvalue weighted by atomic mass is 9.81. The Balaban J connectivity index is 2.57. The van der Waals surface area contributed by atoms with Crippen molar-refractivity contribution in [2.75, 3.05) is 46.8 Å². The van der Waals surface area contributed by atoms with Gasteiger partial charge in [0.25, 0.3) is 0 Å². The van der Waals surface area contributed by atoms with Crippen LogP contribution in [0.4, 0.5) is 9.59 Å². The summed E-state index contributed by atoms with van der Waals surface area (Å²) < 4.78 is 0. The van der Waals surface area contributed by atoms with Crippen molar-refractivity contribution in [3.63, 3.8) is 0 Å². The number of nitrogens with one attached hydrogen (secondary N) is 3. The molecule has 1 aliphatic heterocycles. The Hall–Kier alpha value is -1.83. The molecule has 0 aromatic heterocycles. The zero-order valence-corrected chi connectivity index (χ0v) is 19.2. The second-order valence-corrected chi connectivity index (χ2v) is 8.65. The SMILES string of the molecule is CC[C@H]1CN(C(=O)NC(C)C)CC[C@H]1CC(=O)N(CC)C(=O)NCCC[NH+](C)C. The molecular weight excluding hydrogens is 370 g/mol. The minimum Gasteiger partial charge on any atom is -0.340 e. The highest BCUT2D eigenvalue weighted by molar-refractivity contribution is 5.94. The first kappa shape index (κ1) is 25.2. The van der Waals surface area contributed by atoms with E-state index in [9.17, 15) is 14.4 Å². The average molecular weight is 413 g/mol. The molecule has 0 aromatic rings. The third-order valence-electron chi connectivity index (χ3n) is 5.54. The maximum atomic E-state index is 12.8. The van der Waals surface area contributed by atoms with E-state index in [-0.39, 0.29) is 35.8 Å². The van der Waals surface area contributed by atoms with Crippen LogP contribution in [0.2, 0.25) is 0 Å². The molecule has 1 heterocycles. The Morgan fingerprint density at radius 2 is 1.86 bits per heavy atom. The summed E-state index contributed by atoms with van der Waals surface area (Å²) in [6, 6.07) is -0.219. The average Bonchev–Trinajstić information content (AvgIpc) is 2.65. The van der Waals surface area contributed by atoms with E-state index >= 15 is 0 Å². The molecule has 0 aliphatic carbocycles. The number of likely N-dealkylation sites (tertiary alicyclic amines) is 1. The molecule has 8 nitrogen and oxygen atoms in total. The van der Waals surface area contributed by atoms with Gasteiger partial charge in [-0.15, -0.1) is 0 Å². The first-order chi connectivity index (χ1) is 13.7. The molecule has 1 saturated heterocycles. The van der Waals surface area contributed by atoms with Crippen LogP contribution in [-0.2, 0) is 4.79 Å². The molecule has 1 fully saturated rings. The molecular formula is C21H42N5O3+. The van der Waals surface area contributed by atoms with Gasteiger partial charge >= 0.3 is 12.1 Å². The van der Waals surface area contributed by atoms with Gasteiger partial charge in [0.2, 0.25) is 5.91 Å². The Bertz CT molecular complexity index is 538. The van der Waals surface area contributed by atoms with E-state index in [1.54, 1.807) is 0 Å². The molecule has 1 rings (SSSR count). The Kier molecular flexibility index (Phi) is 11.0. The van der Waals surface area contributed by atoms with E-state index in [4.69, 9.17) is 0 Å². The molecule has 0 saturated carbocycles. The fraction of sp³-hybridized carbons (Fsp3) is 0.857. The van der Waals surface area contributed by atoms with E-state index < -0.39 is 0 Å². The summed E-state index contributed by atoms with van der Waals surface area (Å²) in [6.45, 7) is 11.1. The van der Waals surface area contributed by atoms with Crippen molar-refractivity contribution < 1.29 is 19.3 Å². The summed E-state index contributed by atoms with van der Waals surface area (Å²) in [4.78, 5) is 42.0. The van der Waals surface area contributed by atoms with Crippen molar-refractivity contribution in [1.82, 2.24) is 20.4 Å². The highest BCUT2D eigenvalue weighted by Crippen LogP contribution is 2.29. The molecule has 1 aliphatic rings. The molecule has 0 unspecified atom stereocenters. The lowest BCUT2D eigenvalue weighted by Crippen LogP contribution is -3.05. The maximum Gasteiger partial charge on any atom is 0.324 e. The van der Waals surface area contributed by atoms with Gasteiger partial charge < -0.3 is 20.4 Å². The van der Waals surface area contributed by atoms with Crippen LogP contribution in [0.15, 0.2) is 0 Å². The van der Waals surface area contributed by atoms with Crippen molar-refractivity contribution in [2.24, 2.45) is 11.8 Å². The Morgan fingerprint density at radius 1 is 1.17 bits per heavy atom. The molecule has 8 heteroatoms. The van der Waals surface area contributed by atoms with Gasteiger partial charge in [-0.1, -0.05) is 13.3 Å². The van der Waals surface area contributed by atoms with Crippen LogP contribution in [0.25, 0.3) is 0 Å². The van der Waals surface area contributed by atoms with Gasteiger partial charge in [-0.05, 0) is 39.0 Å². The molecule has 168 valence electrons. The lowest BCUT2D eigenvalue weighted by Gasteiger charge is -2.38. The summed E-state index contributed by atoms with van der Waals surface area (Å²) in [5, 5.41) is 5.81. The molecule has 0 spiro atoms. The fourth-order valence-electron chi connectivity index (χ4n) is 3.84. The predicted molar refractivity (Wildman–Crippen MR) is 115 cm³/mol. The second-order valence-electron chi connectivity index (χ2n) is 8.65. The molecule has 29 heavy (non-hydrogen) atoms. The number of imide groups is 1. The van der Waals surface area contributed by atoms with Crippen molar-refractivity contribution in [3.8, 4) is 0 Å². The first-order valence-electron chi connectivity index (χ1n) is 11.1. The summed E-state index contributed by atoms with van der Waals surface area (Å²) in [5.41, 5.74) is 0. The smallest absolute Gasteiger partial charge is 0.324 e. The van der Waals surface area contributed by atoms with E-state index in [1.165, 1.54) is 9.80 Å². The van der Waals surface area contributed by atoms with E-state index in [0.717, 1.165) is 25.8 Å². The van der Waals surface area contributed by atoms with Crippen molar-refractivity contribution in [3.05, 3.63) is 0 Å². The number of carbonyl (C=O) groups is 3. The first-order valence-corrected chi connectivity index (χ1v) is 11.1. The normalized spacial score (nSPS) is 19.4. The highest BCUT2D eigenvalue weighted by atomic mass is 16.2. The summed E-state index contributed by atoms with van der Waals surface area (Å²) >= 11 is 0. The van der Waals surface area contributed by atoms with Crippen LogP contribution >= 0.6 is 0 Å². The summed E-state index contributed by atoms with van der Waals surface area (Å²) in [6.07, 6.45) is 2.95. The van der Waals surface area contributed by atoms with Gasteiger partial charge in [0.15, 0.2) is 0 Å². The van der Waals surface area contributed by atoms with Crippen LogP contribution < -0.4 is 15.5 Å². The van der Waals surface area contributed by atoms with Crippen LogP contribution in [0.5, 0.6) is 0 Å². The molecule has 2 atom stereocenters. The zero-order chi connectivity index (χ0) is 22.0. The number of nitrogens with zero attached hydrogens (tertiary/aromatic N) is 2. The number of amides is 5. The van der Waals surface area contributed by atoms with Crippen molar-refractivity contribution >= 4 is 18.0 Å². The lowest BCUT2D eigenvalue weighted by molar-refractivity contribution is -0.858. The van der Waals surface area contributed by atoms with E-state index in [1.807, 2.05) is 25.7 Å². The van der Waals surface area contributed by atoms with Gasteiger partial charge in [-0.2, -0.15) is 0 Å². The van der Waals surface area contributed by atoms with Gasteiger partial charge in [0, 0.05) is 45.1 Å². The minimum atomic E-state index is -0.298. The van der Waals surface area contributed by atoms with Crippen LogP contribution in [-0.4, -0.2) is 80.6 Å². The number of carbonyl (C=O) groups excluding carboxylic acids is 3. The van der Waals surface area contributed by atoms with Crippen LogP contribution in [0.3, 0.4) is 0 Å². The largest absolute Gasteiger partial charge is 0.340 e. The molecule has 0 radical (unpaired) electrons. The number of quaternary nitrogens is 1. The number of urea groups is 2. The maximum absolute atomic E-state index is 12.8. The predicted octanol–water partition coefficient (Wildman–Crippen LogP) is 0.935. The van der Waals surface area contributed by atoms with E-state index in [2.05, 4.69) is 31.7 Å². The summed E-state index contributed by atoms with van der Waals surface area (Å²) in [5.74, 6) is 0.358. The monoisotopic (exact) mass is 412 g/mol. The zero-order valence-electron chi connectivity index (χ0n) is 19.2. The summed E-state index contributed by atoms with van der Waals surface area (Å²) in [7, 11) is 4.15. The Morgan fingerprint density at radius 3 is 2.41 bits per heavy atom. The van der Waals surface area contributed by atoms with Crippen molar-refractivity contribution in [1.29, 1.82) is 0 Å². The second kappa shape index (κ2) is 12.7. The highest BCUT2D eigenvalue weighted by Gasteiger charge is 2.33. The number of hydrogen-bond acceptors (Lipinski definition) is 3. The van der Waals surface area contributed by atoms with Crippen LogP contribution in [0.1, 0.15) is 53.4 Å².